The first-order valence-corrected chi connectivity index (χ1v) is 11.9. The number of para-hydroxylation sites is 1. The molecule has 8 heteroatoms. The smallest absolute Gasteiger partial charge is 0.550 e. The van der Waals surface area contributed by atoms with Gasteiger partial charge in [0.05, 0.1) is 29.9 Å². The summed E-state index contributed by atoms with van der Waals surface area (Å²) in [4.78, 5) is 15.7. The second-order valence-corrected chi connectivity index (χ2v) is 9.21. The number of carbonyl (C=O) groups excluding carboxylic acids is 1. The molecule has 0 saturated heterocycles. The van der Waals surface area contributed by atoms with Crippen LogP contribution >= 0.6 is 0 Å². The van der Waals surface area contributed by atoms with E-state index in [1.165, 1.54) is 12.1 Å². The summed E-state index contributed by atoms with van der Waals surface area (Å²) < 4.78 is 28.1. The van der Waals surface area contributed by atoms with Gasteiger partial charge in [0.15, 0.2) is 0 Å². The van der Waals surface area contributed by atoms with Crippen molar-refractivity contribution in [3.8, 4) is 17.2 Å². The standard InChI is InChI=1S/C28H25FN2O4.Na/c1-2-26-30-22-9-7-19(29)13-24(22)31(26)23-5-3-4-21-17(15-35-28(21)23)10-16-6-8-20-18(12-27(32)33)14-34-25(20)11-16;/h3-9,11,13,17-18H,2,10,12,14-15H2,1H3,(H,32,33);/q;+1/p-1/t17-,18-;/m1./s1. The molecule has 0 bridgehead atoms. The predicted molar refractivity (Wildman–Crippen MR) is 127 cm³/mol. The molecule has 0 aliphatic carbocycles. The van der Waals surface area contributed by atoms with E-state index in [0.29, 0.717) is 19.6 Å². The maximum absolute atomic E-state index is 14.1. The van der Waals surface area contributed by atoms with Gasteiger partial charge >= 0.3 is 29.6 Å². The number of carboxylic acid groups (broad SMARTS) is 1. The van der Waals surface area contributed by atoms with Gasteiger partial charge in [-0.2, -0.15) is 0 Å². The van der Waals surface area contributed by atoms with Crippen LogP contribution in [-0.2, 0) is 17.6 Å². The Morgan fingerprint density at radius 2 is 1.92 bits per heavy atom. The summed E-state index contributed by atoms with van der Waals surface area (Å²) >= 11 is 0. The van der Waals surface area contributed by atoms with E-state index >= 15 is 0 Å². The molecule has 36 heavy (non-hydrogen) atoms. The van der Waals surface area contributed by atoms with Gasteiger partial charge in [-0.15, -0.1) is 0 Å². The number of carboxylic acids is 1. The SMILES string of the molecule is CCc1nc2ccc(F)cc2n1-c1cccc2c1OC[C@H]2Cc1ccc2c(c1)OC[C@H]2CC(=O)[O-].[Na+]. The molecule has 178 valence electrons. The third-order valence-electron chi connectivity index (χ3n) is 6.99. The number of rotatable bonds is 6. The van der Waals surface area contributed by atoms with Crippen molar-refractivity contribution in [2.24, 2.45) is 0 Å². The normalized spacial score (nSPS) is 17.7. The van der Waals surface area contributed by atoms with E-state index in [9.17, 15) is 14.3 Å². The monoisotopic (exact) mass is 494 g/mol. The van der Waals surface area contributed by atoms with Crippen molar-refractivity contribution in [2.45, 2.75) is 38.0 Å². The number of carbonyl (C=O) groups is 1. The zero-order valence-corrected chi connectivity index (χ0v) is 22.3. The van der Waals surface area contributed by atoms with Gasteiger partial charge in [-0.05, 0) is 42.7 Å². The van der Waals surface area contributed by atoms with Gasteiger partial charge in [-0.1, -0.05) is 31.2 Å². The Morgan fingerprint density at radius 3 is 2.72 bits per heavy atom. The van der Waals surface area contributed by atoms with E-state index in [2.05, 4.69) is 6.07 Å². The summed E-state index contributed by atoms with van der Waals surface area (Å²) in [7, 11) is 0. The summed E-state index contributed by atoms with van der Waals surface area (Å²) in [6.07, 6.45) is 1.43. The minimum absolute atomic E-state index is 0. The Bertz CT molecular complexity index is 1470. The molecule has 3 aromatic carbocycles. The Morgan fingerprint density at radius 1 is 1.08 bits per heavy atom. The van der Waals surface area contributed by atoms with Crippen molar-refractivity contribution in [3.63, 3.8) is 0 Å². The third-order valence-corrected chi connectivity index (χ3v) is 6.99. The molecule has 2 aliphatic heterocycles. The first kappa shape index (κ1) is 24.8. The molecule has 4 aromatic rings. The van der Waals surface area contributed by atoms with E-state index in [0.717, 1.165) is 57.2 Å². The molecule has 0 unspecified atom stereocenters. The number of aryl methyl sites for hydroxylation is 1. The molecule has 0 saturated carbocycles. The average molecular weight is 494 g/mol. The van der Waals surface area contributed by atoms with E-state index in [-0.39, 0.29) is 53.6 Å². The fraction of sp³-hybridized carbons (Fsp3) is 0.286. The van der Waals surface area contributed by atoms with Gasteiger partial charge in [0, 0.05) is 41.4 Å². The van der Waals surface area contributed by atoms with Crippen LogP contribution in [0.15, 0.2) is 54.6 Å². The maximum atomic E-state index is 14.1. The van der Waals surface area contributed by atoms with E-state index in [1.807, 2.05) is 41.8 Å². The number of halogens is 1. The van der Waals surface area contributed by atoms with Gasteiger partial charge in [0.25, 0.3) is 0 Å². The van der Waals surface area contributed by atoms with Crippen molar-refractivity contribution in [1.82, 2.24) is 9.55 Å². The van der Waals surface area contributed by atoms with Crippen LogP contribution in [-0.4, -0.2) is 28.7 Å². The number of hydrogen-bond acceptors (Lipinski definition) is 5. The Kier molecular flexibility index (Phi) is 6.81. The topological polar surface area (TPSA) is 76.4 Å². The van der Waals surface area contributed by atoms with Crippen molar-refractivity contribution in [3.05, 3.63) is 82.9 Å². The first-order chi connectivity index (χ1) is 17.0. The summed E-state index contributed by atoms with van der Waals surface area (Å²) in [6, 6.07) is 16.8. The van der Waals surface area contributed by atoms with Crippen LogP contribution in [0, 0.1) is 5.82 Å². The second kappa shape index (κ2) is 9.88. The Hall–Kier alpha value is -2.87. The number of nitrogens with zero attached hydrogens (tertiary/aromatic N) is 2. The Labute approximate surface area is 230 Å². The minimum atomic E-state index is -1.06. The first-order valence-electron chi connectivity index (χ1n) is 11.9. The maximum Gasteiger partial charge on any atom is 1.00 e. The minimum Gasteiger partial charge on any atom is -0.550 e. The molecule has 2 aliphatic rings. The van der Waals surface area contributed by atoms with Crippen LogP contribution in [0.3, 0.4) is 0 Å². The van der Waals surface area contributed by atoms with Crippen LogP contribution in [0.2, 0.25) is 0 Å². The van der Waals surface area contributed by atoms with Crippen LogP contribution in [0.5, 0.6) is 11.5 Å². The molecular weight excluding hydrogens is 470 g/mol. The van der Waals surface area contributed by atoms with Crippen molar-refractivity contribution < 1.29 is 53.3 Å². The van der Waals surface area contributed by atoms with Crippen molar-refractivity contribution in [2.75, 3.05) is 13.2 Å². The molecular formula is C28H24FN2NaO4. The molecule has 0 radical (unpaired) electrons. The number of benzene rings is 3. The fourth-order valence-electron chi connectivity index (χ4n) is 5.35. The zero-order chi connectivity index (χ0) is 24.1. The predicted octanol–water partition coefficient (Wildman–Crippen LogP) is 1.07. The number of hydrogen-bond donors (Lipinski definition) is 0. The van der Waals surface area contributed by atoms with E-state index < -0.39 is 5.97 Å². The number of aromatic nitrogens is 2. The van der Waals surface area contributed by atoms with Gasteiger partial charge in [0.1, 0.15) is 23.1 Å². The molecule has 0 amide bonds. The van der Waals surface area contributed by atoms with Gasteiger partial charge in [-0.25, -0.2) is 9.37 Å². The van der Waals surface area contributed by atoms with Crippen LogP contribution < -0.4 is 44.1 Å². The molecule has 0 fully saturated rings. The molecule has 0 spiro atoms. The number of fused-ring (bicyclic) bond motifs is 3. The van der Waals surface area contributed by atoms with Crippen molar-refractivity contribution >= 4 is 17.0 Å². The molecule has 6 rings (SSSR count). The summed E-state index contributed by atoms with van der Waals surface area (Å²) in [5, 5.41) is 11.0. The largest absolute Gasteiger partial charge is 1.00 e. The van der Waals surface area contributed by atoms with E-state index in [1.54, 1.807) is 6.07 Å². The number of imidazole rings is 1. The molecule has 1 aromatic heterocycles. The molecule has 2 atom stereocenters. The number of aliphatic carboxylic acids is 1. The summed E-state index contributed by atoms with van der Waals surface area (Å²) in [5.74, 6) is 1.04. The summed E-state index contributed by atoms with van der Waals surface area (Å²) in [6.45, 7) is 2.94. The fourth-order valence-corrected chi connectivity index (χ4v) is 5.35. The Balaban J connectivity index is 0.00000267. The quantitative estimate of drug-likeness (QED) is 0.375. The average Bonchev–Trinajstić information content (AvgIpc) is 3.54. The van der Waals surface area contributed by atoms with E-state index in [4.69, 9.17) is 14.5 Å². The van der Waals surface area contributed by atoms with Gasteiger partial charge in [-0.3, -0.25) is 4.57 Å². The molecule has 0 N–H and O–H groups in total. The number of ether oxygens (including phenoxy) is 2. The second-order valence-electron chi connectivity index (χ2n) is 9.21. The third kappa shape index (κ3) is 4.29. The van der Waals surface area contributed by atoms with Gasteiger partial charge < -0.3 is 19.4 Å². The van der Waals surface area contributed by atoms with Crippen molar-refractivity contribution in [1.29, 1.82) is 0 Å². The molecule has 3 heterocycles. The zero-order valence-electron chi connectivity index (χ0n) is 20.3. The van der Waals surface area contributed by atoms with Crippen LogP contribution in [0.4, 0.5) is 4.39 Å². The van der Waals surface area contributed by atoms with Crippen LogP contribution in [0.25, 0.3) is 16.7 Å². The van der Waals surface area contributed by atoms with Gasteiger partial charge in [0.2, 0.25) is 0 Å². The van der Waals surface area contributed by atoms with Crippen LogP contribution in [0.1, 0.15) is 47.7 Å². The molecule has 6 nitrogen and oxygen atoms in total. The summed E-state index contributed by atoms with van der Waals surface area (Å²) in [5.41, 5.74) is 5.50.